The molecule has 4 nitrogen and oxygen atoms in total. The van der Waals surface area contributed by atoms with Crippen molar-refractivity contribution in [1.29, 1.82) is 0 Å². The predicted octanol–water partition coefficient (Wildman–Crippen LogP) is 0.251. The van der Waals surface area contributed by atoms with Crippen LogP contribution in [0.1, 0.15) is 20.8 Å². The molecular weight excluding hydrogens is 170 g/mol. The van der Waals surface area contributed by atoms with Gasteiger partial charge in [-0.15, -0.1) is 0 Å². The number of amides is 1. The summed E-state index contributed by atoms with van der Waals surface area (Å²) in [5.74, 6) is -0.294. The number of rotatable bonds is 4. The van der Waals surface area contributed by atoms with Gasteiger partial charge in [0.25, 0.3) is 5.91 Å². The number of carbonyl (C=O) groups excluding carboxylic acids is 1. The van der Waals surface area contributed by atoms with Crippen LogP contribution in [-0.4, -0.2) is 48.3 Å². The van der Waals surface area contributed by atoms with Crippen molar-refractivity contribution in [2.45, 2.75) is 32.4 Å². The zero-order valence-electron chi connectivity index (χ0n) is 9.00. The van der Waals surface area contributed by atoms with Crippen molar-refractivity contribution >= 4 is 5.91 Å². The summed E-state index contributed by atoms with van der Waals surface area (Å²) < 4.78 is 4.91. The molecule has 0 aromatic carbocycles. The molecule has 0 spiro atoms. The van der Waals surface area contributed by atoms with Crippen molar-refractivity contribution < 1.29 is 14.6 Å². The fourth-order valence-electron chi connectivity index (χ4n) is 0.985. The summed E-state index contributed by atoms with van der Waals surface area (Å²) in [6.45, 7) is 5.29. The van der Waals surface area contributed by atoms with Gasteiger partial charge in [-0.25, -0.2) is 0 Å². The van der Waals surface area contributed by atoms with Gasteiger partial charge in [0.1, 0.15) is 5.60 Å². The largest absolute Gasteiger partial charge is 0.383 e. The van der Waals surface area contributed by atoms with Crippen LogP contribution in [0, 0.1) is 0 Å². The van der Waals surface area contributed by atoms with Gasteiger partial charge < -0.3 is 14.7 Å². The molecule has 0 radical (unpaired) electrons. The van der Waals surface area contributed by atoms with Gasteiger partial charge in [0.05, 0.1) is 12.6 Å². The highest BCUT2D eigenvalue weighted by atomic mass is 16.5. The molecule has 1 unspecified atom stereocenters. The first kappa shape index (κ1) is 12.4. The van der Waals surface area contributed by atoms with Crippen LogP contribution in [0.3, 0.4) is 0 Å². The van der Waals surface area contributed by atoms with Gasteiger partial charge in [-0.3, -0.25) is 4.79 Å². The molecule has 0 fully saturated rings. The maximum absolute atomic E-state index is 11.5. The third kappa shape index (κ3) is 3.74. The Bertz CT molecular complexity index is 174. The molecule has 0 aliphatic rings. The Morgan fingerprint density at radius 3 is 2.38 bits per heavy atom. The molecular formula is C9H19NO3. The number of ether oxygens (including phenoxy) is 1. The lowest BCUT2D eigenvalue weighted by molar-refractivity contribution is -0.149. The zero-order chi connectivity index (χ0) is 10.6. The molecule has 0 rings (SSSR count). The normalized spacial score (nSPS) is 14.0. The van der Waals surface area contributed by atoms with Crippen molar-refractivity contribution in [3.8, 4) is 0 Å². The molecule has 1 amide bonds. The minimum atomic E-state index is -1.31. The average molecular weight is 189 g/mol. The highest BCUT2D eigenvalue weighted by Gasteiger charge is 2.29. The van der Waals surface area contributed by atoms with Crippen LogP contribution < -0.4 is 0 Å². The lowest BCUT2D eigenvalue weighted by atomic mass is 10.1. The molecule has 78 valence electrons. The van der Waals surface area contributed by atoms with E-state index in [9.17, 15) is 9.90 Å². The molecule has 13 heavy (non-hydrogen) atoms. The van der Waals surface area contributed by atoms with Crippen LogP contribution in [0.25, 0.3) is 0 Å². The highest BCUT2D eigenvalue weighted by Crippen LogP contribution is 2.08. The lowest BCUT2D eigenvalue weighted by Crippen LogP contribution is -2.48. The van der Waals surface area contributed by atoms with Crippen LogP contribution in [0.4, 0.5) is 0 Å². The fourth-order valence-corrected chi connectivity index (χ4v) is 0.985. The highest BCUT2D eigenvalue weighted by molar-refractivity contribution is 5.84. The molecule has 1 atom stereocenters. The predicted molar refractivity (Wildman–Crippen MR) is 50.4 cm³/mol. The van der Waals surface area contributed by atoms with E-state index in [0.29, 0.717) is 6.61 Å². The number of hydrogen-bond acceptors (Lipinski definition) is 3. The first-order valence-corrected chi connectivity index (χ1v) is 4.29. The molecule has 1 N–H and O–H groups in total. The maximum atomic E-state index is 11.5. The lowest BCUT2D eigenvalue weighted by Gasteiger charge is -2.29. The molecule has 0 saturated carbocycles. The minimum Gasteiger partial charge on any atom is -0.383 e. The number of likely N-dealkylation sites (N-methyl/N-ethyl adjacent to an activating group) is 1. The van der Waals surface area contributed by atoms with Gasteiger partial charge in [-0.1, -0.05) is 0 Å². The van der Waals surface area contributed by atoms with Crippen molar-refractivity contribution in [2.24, 2.45) is 0 Å². The molecule has 0 aromatic heterocycles. The van der Waals surface area contributed by atoms with Gasteiger partial charge in [0, 0.05) is 14.2 Å². The third-order valence-corrected chi connectivity index (χ3v) is 1.91. The Kier molecular flexibility index (Phi) is 4.36. The standard InChI is InChI=1S/C9H19NO3/c1-7(6-13-5)10(4)8(11)9(2,3)12/h7,12H,6H2,1-5H3. The summed E-state index contributed by atoms with van der Waals surface area (Å²) in [5.41, 5.74) is -1.31. The topological polar surface area (TPSA) is 49.8 Å². The number of nitrogens with zero attached hydrogens (tertiary/aromatic N) is 1. The Morgan fingerprint density at radius 2 is 2.08 bits per heavy atom. The molecule has 0 saturated heterocycles. The summed E-state index contributed by atoms with van der Waals surface area (Å²) in [5, 5.41) is 9.44. The monoisotopic (exact) mass is 189 g/mol. The molecule has 4 heteroatoms. The number of hydrogen-bond donors (Lipinski definition) is 1. The van der Waals surface area contributed by atoms with Crippen LogP contribution in [0.2, 0.25) is 0 Å². The van der Waals surface area contributed by atoms with E-state index in [2.05, 4.69) is 0 Å². The Labute approximate surface area is 79.5 Å². The first-order chi connectivity index (χ1) is 5.80. The van der Waals surface area contributed by atoms with Crippen molar-refractivity contribution in [2.75, 3.05) is 20.8 Å². The van der Waals surface area contributed by atoms with Crippen LogP contribution >= 0.6 is 0 Å². The van der Waals surface area contributed by atoms with Crippen molar-refractivity contribution in [1.82, 2.24) is 4.90 Å². The smallest absolute Gasteiger partial charge is 0.254 e. The summed E-state index contributed by atoms with van der Waals surface area (Å²) in [4.78, 5) is 13.0. The van der Waals surface area contributed by atoms with E-state index in [1.165, 1.54) is 18.7 Å². The van der Waals surface area contributed by atoms with Crippen LogP contribution in [-0.2, 0) is 9.53 Å². The van der Waals surface area contributed by atoms with Gasteiger partial charge in [-0.05, 0) is 20.8 Å². The van der Waals surface area contributed by atoms with Gasteiger partial charge >= 0.3 is 0 Å². The summed E-state index contributed by atoms with van der Waals surface area (Å²) in [6, 6.07) is -0.0241. The SMILES string of the molecule is COCC(C)N(C)C(=O)C(C)(C)O. The van der Waals surface area contributed by atoms with Crippen molar-refractivity contribution in [3.05, 3.63) is 0 Å². The Balaban J connectivity index is 4.26. The Hall–Kier alpha value is -0.610. The number of aliphatic hydroxyl groups is 1. The second-order valence-electron chi connectivity index (χ2n) is 3.78. The minimum absolute atomic E-state index is 0.0241. The maximum Gasteiger partial charge on any atom is 0.254 e. The van der Waals surface area contributed by atoms with E-state index in [1.807, 2.05) is 6.92 Å². The van der Waals surface area contributed by atoms with E-state index in [1.54, 1.807) is 14.2 Å². The number of methoxy groups -OCH3 is 1. The molecule has 0 bridgehead atoms. The van der Waals surface area contributed by atoms with E-state index in [4.69, 9.17) is 4.74 Å². The van der Waals surface area contributed by atoms with E-state index in [-0.39, 0.29) is 11.9 Å². The van der Waals surface area contributed by atoms with E-state index >= 15 is 0 Å². The summed E-state index contributed by atoms with van der Waals surface area (Å²) in [7, 11) is 3.24. The third-order valence-electron chi connectivity index (χ3n) is 1.91. The molecule has 0 heterocycles. The molecule has 0 aromatic rings. The fraction of sp³-hybridized carbons (Fsp3) is 0.889. The zero-order valence-corrected chi connectivity index (χ0v) is 9.00. The second kappa shape index (κ2) is 4.58. The summed E-state index contributed by atoms with van der Waals surface area (Å²) >= 11 is 0. The average Bonchev–Trinajstić information content (AvgIpc) is 2.00. The Morgan fingerprint density at radius 1 is 1.62 bits per heavy atom. The number of carbonyl (C=O) groups is 1. The van der Waals surface area contributed by atoms with E-state index < -0.39 is 5.60 Å². The van der Waals surface area contributed by atoms with E-state index in [0.717, 1.165) is 0 Å². The van der Waals surface area contributed by atoms with Crippen LogP contribution in [0.5, 0.6) is 0 Å². The van der Waals surface area contributed by atoms with Gasteiger partial charge in [-0.2, -0.15) is 0 Å². The van der Waals surface area contributed by atoms with Gasteiger partial charge in [0.2, 0.25) is 0 Å². The van der Waals surface area contributed by atoms with Crippen LogP contribution in [0.15, 0.2) is 0 Å². The summed E-state index contributed by atoms with van der Waals surface area (Å²) in [6.07, 6.45) is 0. The molecule has 0 aliphatic heterocycles. The van der Waals surface area contributed by atoms with Gasteiger partial charge in [0.15, 0.2) is 0 Å². The first-order valence-electron chi connectivity index (χ1n) is 4.29. The second-order valence-corrected chi connectivity index (χ2v) is 3.78. The quantitative estimate of drug-likeness (QED) is 0.689. The molecule has 0 aliphatic carbocycles. The van der Waals surface area contributed by atoms with Crippen molar-refractivity contribution in [3.63, 3.8) is 0 Å².